The van der Waals surface area contributed by atoms with Crippen LogP contribution >= 0.6 is 0 Å². The summed E-state index contributed by atoms with van der Waals surface area (Å²) in [6.07, 6.45) is 0. The van der Waals surface area contributed by atoms with E-state index in [4.69, 9.17) is 4.74 Å². The number of rotatable bonds is 3. The second kappa shape index (κ2) is 6.20. The van der Waals surface area contributed by atoms with Crippen LogP contribution in [0.3, 0.4) is 0 Å². The third-order valence-electron chi connectivity index (χ3n) is 3.47. The first-order valence-corrected chi connectivity index (χ1v) is 7.27. The minimum atomic E-state index is -0.730. The van der Waals surface area contributed by atoms with Gasteiger partial charge in [-0.25, -0.2) is 4.79 Å². The summed E-state index contributed by atoms with van der Waals surface area (Å²) >= 11 is 0. The molecule has 120 valence electrons. The number of benzene rings is 2. The van der Waals surface area contributed by atoms with E-state index in [-0.39, 0.29) is 16.7 Å². The summed E-state index contributed by atoms with van der Waals surface area (Å²) in [7, 11) is 0. The molecule has 0 radical (unpaired) electrons. The van der Waals surface area contributed by atoms with E-state index in [1.165, 1.54) is 18.2 Å². The topological polar surface area (TPSA) is 69.4 Å². The number of carbonyl (C=O) groups is 1. The predicted molar refractivity (Wildman–Crippen MR) is 87.9 cm³/mol. The molecular formula is C18H19NO4. The molecule has 0 aromatic heterocycles. The van der Waals surface area contributed by atoms with Crippen LogP contribution in [0.5, 0.6) is 5.75 Å². The molecule has 0 unspecified atom stereocenters. The van der Waals surface area contributed by atoms with Gasteiger partial charge >= 0.3 is 5.97 Å². The smallest absolute Gasteiger partial charge is 0.350 e. The van der Waals surface area contributed by atoms with Crippen molar-refractivity contribution >= 4 is 11.7 Å². The molecule has 5 heteroatoms. The van der Waals surface area contributed by atoms with E-state index in [0.717, 1.165) is 11.1 Å². The predicted octanol–water partition coefficient (Wildman–Crippen LogP) is 4.42. The van der Waals surface area contributed by atoms with Gasteiger partial charge in [-0.3, -0.25) is 10.1 Å². The Bertz CT molecular complexity index is 760. The minimum Gasteiger partial charge on any atom is -0.422 e. The molecule has 2 rings (SSSR count). The summed E-state index contributed by atoms with van der Waals surface area (Å²) < 4.78 is 5.46. The van der Waals surface area contributed by atoms with Crippen LogP contribution in [0.15, 0.2) is 42.5 Å². The van der Waals surface area contributed by atoms with Gasteiger partial charge in [0.25, 0.3) is 5.69 Å². The molecule has 0 heterocycles. The summed E-state index contributed by atoms with van der Waals surface area (Å²) in [5.74, 6) is -0.307. The van der Waals surface area contributed by atoms with E-state index in [2.05, 4.69) is 0 Å². The first kappa shape index (κ1) is 16.7. The van der Waals surface area contributed by atoms with Crippen molar-refractivity contribution in [1.82, 2.24) is 0 Å². The number of hydrogen-bond donors (Lipinski definition) is 0. The molecule has 0 amide bonds. The van der Waals surface area contributed by atoms with Gasteiger partial charge in [0.15, 0.2) is 0 Å². The van der Waals surface area contributed by atoms with Crippen LogP contribution in [-0.2, 0) is 5.41 Å². The molecule has 0 spiro atoms. The quantitative estimate of drug-likeness (QED) is 0.364. The lowest BCUT2D eigenvalue weighted by Gasteiger charge is -2.22. The standard InChI is InChI=1S/C18H19NO4/c1-12-9-10-16(14(11-12)18(2,3)4)23-17(20)13-7-5-6-8-15(13)19(21)22/h5-11H,1-4H3. The molecule has 0 fully saturated rings. The number of ether oxygens (including phenoxy) is 1. The summed E-state index contributed by atoms with van der Waals surface area (Å²) in [6, 6.07) is 11.3. The monoisotopic (exact) mass is 313 g/mol. The van der Waals surface area contributed by atoms with Gasteiger partial charge in [0.1, 0.15) is 11.3 Å². The number of para-hydroxylation sites is 1. The average molecular weight is 313 g/mol. The maximum absolute atomic E-state index is 12.4. The van der Waals surface area contributed by atoms with Crippen molar-refractivity contribution < 1.29 is 14.5 Å². The number of nitro groups is 1. The highest BCUT2D eigenvalue weighted by atomic mass is 16.6. The Hall–Kier alpha value is -2.69. The van der Waals surface area contributed by atoms with E-state index in [1.807, 2.05) is 39.8 Å². The number of esters is 1. The van der Waals surface area contributed by atoms with Crippen molar-refractivity contribution in [2.75, 3.05) is 0 Å². The second-order valence-corrected chi connectivity index (χ2v) is 6.41. The Morgan fingerprint density at radius 1 is 1.13 bits per heavy atom. The molecule has 0 saturated heterocycles. The van der Waals surface area contributed by atoms with Gasteiger partial charge in [0, 0.05) is 11.6 Å². The van der Waals surface area contributed by atoms with Crippen LogP contribution in [0.2, 0.25) is 0 Å². The van der Waals surface area contributed by atoms with Crippen LogP contribution in [0.4, 0.5) is 5.69 Å². The summed E-state index contributed by atoms with van der Waals surface area (Å²) in [5.41, 5.74) is 1.40. The Kier molecular flexibility index (Phi) is 4.50. The highest BCUT2D eigenvalue weighted by molar-refractivity contribution is 5.95. The number of carbonyl (C=O) groups excluding carboxylic acids is 1. The fourth-order valence-corrected chi connectivity index (χ4v) is 2.28. The minimum absolute atomic E-state index is 0.0575. The highest BCUT2D eigenvalue weighted by Crippen LogP contribution is 2.33. The Morgan fingerprint density at radius 3 is 2.39 bits per heavy atom. The molecule has 23 heavy (non-hydrogen) atoms. The van der Waals surface area contributed by atoms with E-state index < -0.39 is 10.9 Å². The van der Waals surface area contributed by atoms with Crippen LogP contribution < -0.4 is 4.74 Å². The molecule has 0 aliphatic rings. The van der Waals surface area contributed by atoms with E-state index in [0.29, 0.717) is 5.75 Å². The highest BCUT2D eigenvalue weighted by Gasteiger charge is 2.24. The fraction of sp³-hybridized carbons (Fsp3) is 0.278. The molecule has 2 aromatic rings. The van der Waals surface area contributed by atoms with Gasteiger partial charge in [0.2, 0.25) is 0 Å². The van der Waals surface area contributed by atoms with Crippen molar-refractivity contribution in [3.8, 4) is 5.75 Å². The first-order chi connectivity index (χ1) is 10.7. The average Bonchev–Trinajstić information content (AvgIpc) is 2.48. The van der Waals surface area contributed by atoms with Crippen molar-refractivity contribution in [3.05, 3.63) is 69.3 Å². The molecule has 2 aromatic carbocycles. The normalized spacial score (nSPS) is 11.1. The van der Waals surface area contributed by atoms with Gasteiger partial charge in [-0.2, -0.15) is 0 Å². The molecule has 0 aliphatic carbocycles. The van der Waals surface area contributed by atoms with E-state index in [9.17, 15) is 14.9 Å². The number of nitro benzene ring substituents is 1. The fourth-order valence-electron chi connectivity index (χ4n) is 2.28. The van der Waals surface area contributed by atoms with Crippen LogP contribution in [-0.4, -0.2) is 10.9 Å². The number of aryl methyl sites for hydroxylation is 1. The largest absolute Gasteiger partial charge is 0.422 e. The number of hydrogen-bond acceptors (Lipinski definition) is 4. The van der Waals surface area contributed by atoms with Gasteiger partial charge < -0.3 is 4.74 Å². The summed E-state index contributed by atoms with van der Waals surface area (Å²) in [5, 5.41) is 11.0. The van der Waals surface area contributed by atoms with E-state index >= 15 is 0 Å². The van der Waals surface area contributed by atoms with Crippen molar-refractivity contribution in [3.63, 3.8) is 0 Å². The zero-order chi connectivity index (χ0) is 17.2. The lowest BCUT2D eigenvalue weighted by atomic mass is 9.85. The van der Waals surface area contributed by atoms with Crippen molar-refractivity contribution in [1.29, 1.82) is 0 Å². The second-order valence-electron chi connectivity index (χ2n) is 6.41. The Labute approximate surface area is 135 Å². The van der Waals surface area contributed by atoms with Crippen LogP contribution in [0.25, 0.3) is 0 Å². The lowest BCUT2D eigenvalue weighted by molar-refractivity contribution is -0.385. The van der Waals surface area contributed by atoms with Gasteiger partial charge in [0.05, 0.1) is 4.92 Å². The van der Waals surface area contributed by atoms with Gasteiger partial charge in [-0.1, -0.05) is 50.6 Å². The SMILES string of the molecule is Cc1ccc(OC(=O)c2ccccc2[N+](=O)[O-])c(C(C)(C)C)c1. The summed E-state index contributed by atoms with van der Waals surface area (Å²) in [4.78, 5) is 22.8. The molecule has 0 saturated carbocycles. The molecule has 0 N–H and O–H groups in total. The van der Waals surface area contributed by atoms with Crippen LogP contribution in [0, 0.1) is 17.0 Å². The Balaban J connectivity index is 2.41. The number of nitrogens with zero attached hydrogens (tertiary/aromatic N) is 1. The molecule has 0 atom stereocenters. The summed E-state index contributed by atoms with van der Waals surface area (Å²) in [6.45, 7) is 8.01. The van der Waals surface area contributed by atoms with E-state index in [1.54, 1.807) is 12.1 Å². The third-order valence-corrected chi connectivity index (χ3v) is 3.47. The molecular weight excluding hydrogens is 294 g/mol. The Morgan fingerprint density at radius 2 is 1.78 bits per heavy atom. The van der Waals surface area contributed by atoms with Crippen molar-refractivity contribution in [2.24, 2.45) is 0 Å². The van der Waals surface area contributed by atoms with Crippen molar-refractivity contribution in [2.45, 2.75) is 33.1 Å². The molecule has 0 bridgehead atoms. The lowest BCUT2D eigenvalue weighted by Crippen LogP contribution is -2.17. The van der Waals surface area contributed by atoms with Gasteiger partial charge in [-0.05, 0) is 24.5 Å². The van der Waals surface area contributed by atoms with Crippen LogP contribution in [0.1, 0.15) is 42.3 Å². The zero-order valence-corrected chi connectivity index (χ0v) is 13.6. The molecule has 5 nitrogen and oxygen atoms in total. The third kappa shape index (κ3) is 3.74. The van der Waals surface area contributed by atoms with Gasteiger partial charge in [-0.15, -0.1) is 0 Å². The maximum atomic E-state index is 12.4. The molecule has 0 aliphatic heterocycles. The first-order valence-electron chi connectivity index (χ1n) is 7.27. The maximum Gasteiger partial charge on any atom is 0.350 e. The zero-order valence-electron chi connectivity index (χ0n) is 13.6.